The van der Waals surface area contributed by atoms with Crippen LogP contribution >= 0.6 is 7.82 Å². The highest BCUT2D eigenvalue weighted by Gasteiger charge is 2.33. The predicted octanol–water partition coefficient (Wildman–Crippen LogP) is -1.09. The molecular weight excluding hydrogens is 201 g/mol. The number of hydrogen-bond donors (Lipinski definition) is 4. The third-order valence-electron chi connectivity index (χ3n) is 1.67. The number of carboxylic acid groups (broad SMARTS) is 1. The van der Waals surface area contributed by atoms with Crippen molar-refractivity contribution in [1.29, 1.82) is 0 Å². The van der Waals surface area contributed by atoms with E-state index in [4.69, 9.17) is 14.9 Å². The first-order chi connectivity index (χ1) is 5.88. The predicted molar refractivity (Wildman–Crippen MR) is 41.0 cm³/mol. The molecule has 0 aliphatic carbocycles. The van der Waals surface area contributed by atoms with E-state index in [-0.39, 0.29) is 13.0 Å². The summed E-state index contributed by atoms with van der Waals surface area (Å²) in [6.45, 7) is 0.141. The number of phosphoric ester groups is 1. The van der Waals surface area contributed by atoms with Gasteiger partial charge in [-0.1, -0.05) is 0 Å². The van der Waals surface area contributed by atoms with Crippen LogP contribution in [0.3, 0.4) is 0 Å². The first-order valence-electron chi connectivity index (χ1n) is 3.58. The summed E-state index contributed by atoms with van der Waals surface area (Å²) in [6.07, 6.45) is -0.664. The lowest BCUT2D eigenvalue weighted by Crippen LogP contribution is -2.29. The van der Waals surface area contributed by atoms with Gasteiger partial charge in [0.1, 0.15) is 6.04 Å². The lowest BCUT2D eigenvalue weighted by atomic mass is 10.2. The van der Waals surface area contributed by atoms with Crippen molar-refractivity contribution in [3.63, 3.8) is 0 Å². The highest BCUT2D eigenvalue weighted by atomic mass is 31.2. The van der Waals surface area contributed by atoms with Gasteiger partial charge in [0.05, 0.1) is 6.10 Å². The van der Waals surface area contributed by atoms with Crippen LogP contribution in [-0.2, 0) is 13.9 Å². The molecule has 1 saturated heterocycles. The van der Waals surface area contributed by atoms with Crippen molar-refractivity contribution in [3.8, 4) is 0 Å². The number of rotatable bonds is 3. The molecule has 0 radical (unpaired) electrons. The molecule has 1 heterocycles. The van der Waals surface area contributed by atoms with Crippen LogP contribution in [0.1, 0.15) is 6.42 Å². The molecule has 0 aromatic carbocycles. The fraction of sp³-hybridized carbons (Fsp3) is 0.800. The summed E-state index contributed by atoms with van der Waals surface area (Å²) in [6, 6.07) is -0.781. The Morgan fingerprint density at radius 3 is 2.54 bits per heavy atom. The monoisotopic (exact) mass is 211 g/mol. The van der Waals surface area contributed by atoms with E-state index >= 15 is 0 Å². The Labute approximate surface area is 74.0 Å². The summed E-state index contributed by atoms with van der Waals surface area (Å²) in [4.78, 5) is 27.2. The maximum absolute atomic E-state index is 10.4. The number of carbonyl (C=O) groups is 1. The Hall–Kier alpha value is -0.460. The molecule has 1 fully saturated rings. The zero-order valence-electron chi connectivity index (χ0n) is 6.58. The molecule has 1 rings (SSSR count). The minimum Gasteiger partial charge on any atom is -0.480 e. The van der Waals surface area contributed by atoms with Gasteiger partial charge >= 0.3 is 13.8 Å². The van der Waals surface area contributed by atoms with E-state index in [1.165, 1.54) is 0 Å². The number of hydrogen-bond acceptors (Lipinski definition) is 4. The summed E-state index contributed by atoms with van der Waals surface area (Å²) >= 11 is 0. The standard InChI is InChI=1S/C5H10NO6P/c7-5(8)4-1-3(2-6-4)12-13(9,10)11/h3-4,6H,1-2H2,(H,7,8)(H2,9,10,11)/t3?,4-/m0/s1. The van der Waals surface area contributed by atoms with Crippen LogP contribution in [0.4, 0.5) is 0 Å². The molecule has 0 aromatic rings. The summed E-state index contributed by atoms with van der Waals surface area (Å²) < 4.78 is 14.7. The second-order valence-electron chi connectivity index (χ2n) is 2.75. The van der Waals surface area contributed by atoms with Gasteiger partial charge < -0.3 is 20.2 Å². The number of aliphatic carboxylic acids is 1. The van der Waals surface area contributed by atoms with Crippen molar-refractivity contribution >= 4 is 13.8 Å². The molecule has 0 spiro atoms. The topological polar surface area (TPSA) is 116 Å². The molecule has 2 atom stereocenters. The van der Waals surface area contributed by atoms with Gasteiger partial charge in [0.25, 0.3) is 0 Å². The largest absolute Gasteiger partial charge is 0.480 e. The minimum absolute atomic E-state index is 0.0699. The normalized spacial score (nSPS) is 29.1. The summed E-state index contributed by atoms with van der Waals surface area (Å²) in [5, 5.41) is 11.1. The third-order valence-corrected chi connectivity index (χ3v) is 2.25. The van der Waals surface area contributed by atoms with Crippen LogP contribution in [0.5, 0.6) is 0 Å². The van der Waals surface area contributed by atoms with Crippen molar-refractivity contribution in [1.82, 2.24) is 5.32 Å². The lowest BCUT2D eigenvalue weighted by molar-refractivity contribution is -0.139. The third kappa shape index (κ3) is 3.41. The molecule has 0 amide bonds. The first-order valence-corrected chi connectivity index (χ1v) is 5.11. The van der Waals surface area contributed by atoms with Crippen molar-refractivity contribution < 1.29 is 28.8 Å². The average Bonchev–Trinajstić information content (AvgIpc) is 2.31. The van der Waals surface area contributed by atoms with E-state index in [2.05, 4.69) is 9.84 Å². The molecule has 1 aliphatic heterocycles. The molecule has 8 heteroatoms. The molecule has 0 saturated carbocycles. The fourth-order valence-electron chi connectivity index (χ4n) is 1.17. The molecule has 7 nitrogen and oxygen atoms in total. The summed E-state index contributed by atoms with van der Waals surface area (Å²) in [5.41, 5.74) is 0. The highest BCUT2D eigenvalue weighted by Crippen LogP contribution is 2.39. The Bertz CT molecular complexity index is 249. The maximum Gasteiger partial charge on any atom is 0.469 e. The van der Waals surface area contributed by atoms with Crippen molar-refractivity contribution in [2.24, 2.45) is 0 Å². The van der Waals surface area contributed by atoms with Crippen molar-refractivity contribution in [2.75, 3.05) is 6.54 Å². The van der Waals surface area contributed by atoms with Crippen LogP contribution in [0, 0.1) is 0 Å². The van der Waals surface area contributed by atoms with Crippen molar-refractivity contribution in [3.05, 3.63) is 0 Å². The van der Waals surface area contributed by atoms with Gasteiger partial charge in [0, 0.05) is 13.0 Å². The van der Waals surface area contributed by atoms with Crippen LogP contribution in [0.2, 0.25) is 0 Å². The number of carboxylic acids is 1. The average molecular weight is 211 g/mol. The second-order valence-corrected chi connectivity index (χ2v) is 3.94. The Morgan fingerprint density at radius 2 is 2.15 bits per heavy atom. The Balaban J connectivity index is 2.42. The Morgan fingerprint density at radius 1 is 1.54 bits per heavy atom. The molecule has 1 aliphatic rings. The van der Waals surface area contributed by atoms with Gasteiger partial charge in [-0.3, -0.25) is 9.32 Å². The zero-order chi connectivity index (χ0) is 10.1. The molecule has 0 bridgehead atoms. The minimum atomic E-state index is -4.50. The molecular formula is C5H10NO6P. The van der Waals surface area contributed by atoms with E-state index in [1.807, 2.05) is 0 Å². The van der Waals surface area contributed by atoms with Crippen LogP contribution in [-0.4, -0.2) is 39.6 Å². The molecule has 76 valence electrons. The van der Waals surface area contributed by atoms with Crippen LogP contribution < -0.4 is 5.32 Å². The number of nitrogens with one attached hydrogen (secondary N) is 1. The fourth-order valence-corrected chi connectivity index (χ4v) is 1.71. The molecule has 13 heavy (non-hydrogen) atoms. The quantitative estimate of drug-likeness (QED) is 0.438. The highest BCUT2D eigenvalue weighted by molar-refractivity contribution is 7.46. The van der Waals surface area contributed by atoms with Gasteiger partial charge in [-0.2, -0.15) is 0 Å². The van der Waals surface area contributed by atoms with E-state index in [1.54, 1.807) is 0 Å². The van der Waals surface area contributed by atoms with Gasteiger partial charge in [-0.15, -0.1) is 0 Å². The Kier molecular flexibility index (Phi) is 3.05. The van der Waals surface area contributed by atoms with Gasteiger partial charge in [-0.05, 0) is 0 Å². The maximum atomic E-state index is 10.4. The molecule has 0 aromatic heterocycles. The summed E-state index contributed by atoms with van der Waals surface area (Å²) in [7, 11) is -4.50. The lowest BCUT2D eigenvalue weighted by Gasteiger charge is -2.10. The molecule has 4 N–H and O–H groups in total. The van der Waals surface area contributed by atoms with E-state index in [9.17, 15) is 9.36 Å². The van der Waals surface area contributed by atoms with Gasteiger partial charge in [0.2, 0.25) is 0 Å². The SMILES string of the molecule is O=C(O)[C@@H]1CC(OP(=O)(O)O)CN1. The summed E-state index contributed by atoms with van der Waals surface area (Å²) in [5.74, 6) is -1.04. The van der Waals surface area contributed by atoms with E-state index in [0.29, 0.717) is 0 Å². The smallest absolute Gasteiger partial charge is 0.469 e. The van der Waals surface area contributed by atoms with E-state index < -0.39 is 25.9 Å². The zero-order valence-corrected chi connectivity index (χ0v) is 7.48. The number of phosphoric acid groups is 1. The van der Waals surface area contributed by atoms with Crippen LogP contribution in [0.15, 0.2) is 0 Å². The van der Waals surface area contributed by atoms with Crippen LogP contribution in [0.25, 0.3) is 0 Å². The second kappa shape index (κ2) is 3.73. The first kappa shape index (κ1) is 10.6. The van der Waals surface area contributed by atoms with Gasteiger partial charge in [-0.25, -0.2) is 4.57 Å². The van der Waals surface area contributed by atoms with Gasteiger partial charge in [0.15, 0.2) is 0 Å². The molecule has 1 unspecified atom stereocenters. The van der Waals surface area contributed by atoms with E-state index in [0.717, 1.165) is 0 Å². The van der Waals surface area contributed by atoms with Crippen molar-refractivity contribution in [2.45, 2.75) is 18.6 Å².